The largest absolute Gasteiger partial charge is 0.357 e. The van der Waals surface area contributed by atoms with Gasteiger partial charge < -0.3 is 10.2 Å². The maximum Gasteiger partial charge on any atom is 0.223 e. The third-order valence-electron chi connectivity index (χ3n) is 6.87. The second kappa shape index (κ2) is 11.1. The molecular weight excluding hydrogens is 398 g/mol. The third kappa shape index (κ3) is 6.08. The number of rotatable bonds is 7. The Hall–Kier alpha value is -2.91. The Morgan fingerprint density at radius 1 is 1.03 bits per heavy atom. The minimum atomic E-state index is 0.0948. The maximum absolute atomic E-state index is 12.6. The van der Waals surface area contributed by atoms with Gasteiger partial charge in [-0.15, -0.1) is 0 Å². The summed E-state index contributed by atoms with van der Waals surface area (Å²) in [6, 6.07) is 16.5. The highest BCUT2D eigenvalue weighted by Gasteiger charge is 2.26. The van der Waals surface area contributed by atoms with Gasteiger partial charge >= 0.3 is 0 Å². The normalized spacial score (nSPS) is 18.3. The number of likely N-dealkylation sites (tertiary alicyclic amines) is 1. The lowest BCUT2D eigenvalue weighted by Gasteiger charge is -2.33. The number of piperidine rings is 2. The van der Waals surface area contributed by atoms with Crippen LogP contribution in [0.5, 0.6) is 0 Å². The Morgan fingerprint density at radius 2 is 1.78 bits per heavy atom. The molecule has 1 amide bonds. The number of pyridine rings is 1. The third-order valence-corrected chi connectivity index (χ3v) is 6.87. The molecule has 4 rings (SSSR count). The molecule has 1 aromatic carbocycles. The fraction of sp³-hybridized carbons (Fsp3) is 0.500. The second-order valence-corrected chi connectivity index (χ2v) is 9.06. The molecule has 3 heterocycles. The molecule has 2 saturated heterocycles. The van der Waals surface area contributed by atoms with Gasteiger partial charge in [0.05, 0.1) is 5.56 Å². The summed E-state index contributed by atoms with van der Waals surface area (Å²) in [5, 5.41) is 12.1. The molecule has 2 aromatic rings. The van der Waals surface area contributed by atoms with E-state index in [1.807, 2.05) is 6.07 Å². The number of amides is 1. The Balaban J connectivity index is 1.11. The van der Waals surface area contributed by atoms with Gasteiger partial charge in [-0.2, -0.15) is 5.26 Å². The zero-order chi connectivity index (χ0) is 22.2. The molecule has 0 saturated carbocycles. The molecule has 168 valence electrons. The molecule has 32 heavy (non-hydrogen) atoms. The van der Waals surface area contributed by atoms with Gasteiger partial charge in [0.25, 0.3) is 0 Å². The predicted molar refractivity (Wildman–Crippen MR) is 126 cm³/mol. The van der Waals surface area contributed by atoms with E-state index < -0.39 is 0 Å². The van der Waals surface area contributed by atoms with Crippen molar-refractivity contribution in [3.63, 3.8) is 0 Å². The van der Waals surface area contributed by atoms with Gasteiger partial charge in [-0.3, -0.25) is 9.69 Å². The number of hydrogen-bond donors (Lipinski definition) is 1. The minimum Gasteiger partial charge on any atom is -0.357 e. The van der Waals surface area contributed by atoms with Crippen molar-refractivity contribution in [2.45, 2.75) is 38.6 Å². The van der Waals surface area contributed by atoms with Crippen LogP contribution < -0.4 is 10.2 Å². The van der Waals surface area contributed by atoms with Crippen molar-refractivity contribution in [1.29, 1.82) is 5.26 Å². The van der Waals surface area contributed by atoms with Crippen molar-refractivity contribution in [1.82, 2.24) is 15.2 Å². The average Bonchev–Trinajstić information content (AvgIpc) is 2.86. The van der Waals surface area contributed by atoms with E-state index in [1.54, 1.807) is 12.3 Å². The minimum absolute atomic E-state index is 0.0948. The summed E-state index contributed by atoms with van der Waals surface area (Å²) in [6.07, 6.45) is 6.84. The molecule has 0 atom stereocenters. The molecule has 1 N–H and O–H groups in total. The van der Waals surface area contributed by atoms with E-state index in [2.05, 4.69) is 56.5 Å². The van der Waals surface area contributed by atoms with Crippen LogP contribution in [0.4, 0.5) is 5.82 Å². The first-order chi connectivity index (χ1) is 15.7. The molecule has 0 aliphatic carbocycles. The smallest absolute Gasteiger partial charge is 0.223 e. The lowest BCUT2D eigenvalue weighted by molar-refractivity contribution is -0.125. The van der Waals surface area contributed by atoms with E-state index in [4.69, 9.17) is 5.26 Å². The van der Waals surface area contributed by atoms with Crippen molar-refractivity contribution >= 4 is 11.7 Å². The van der Waals surface area contributed by atoms with E-state index in [0.29, 0.717) is 11.5 Å². The van der Waals surface area contributed by atoms with Crippen LogP contribution in [0, 0.1) is 23.2 Å². The number of nitrogens with one attached hydrogen (secondary N) is 1. The molecule has 0 unspecified atom stereocenters. The number of carbonyl (C=O) groups excluding carboxylic acids is 1. The quantitative estimate of drug-likeness (QED) is 0.725. The van der Waals surface area contributed by atoms with Crippen molar-refractivity contribution in [2.75, 3.05) is 37.6 Å². The fourth-order valence-corrected chi connectivity index (χ4v) is 4.83. The van der Waals surface area contributed by atoms with Crippen LogP contribution in [-0.2, 0) is 11.3 Å². The van der Waals surface area contributed by atoms with Gasteiger partial charge in [-0.05, 0) is 68.8 Å². The highest BCUT2D eigenvalue weighted by Crippen LogP contribution is 2.23. The number of nitriles is 1. The van der Waals surface area contributed by atoms with Gasteiger partial charge in [-0.1, -0.05) is 30.3 Å². The van der Waals surface area contributed by atoms with Crippen LogP contribution in [0.1, 0.15) is 43.2 Å². The highest BCUT2D eigenvalue weighted by atomic mass is 16.1. The summed E-state index contributed by atoms with van der Waals surface area (Å²) in [6.45, 7) is 5.79. The lowest BCUT2D eigenvalue weighted by atomic mass is 9.92. The Morgan fingerprint density at radius 3 is 2.44 bits per heavy atom. The average molecular weight is 432 g/mol. The molecule has 0 spiro atoms. The number of benzene rings is 1. The predicted octanol–water partition coefficient (Wildman–Crippen LogP) is 3.59. The van der Waals surface area contributed by atoms with Gasteiger partial charge in [0.15, 0.2) is 0 Å². The zero-order valence-corrected chi connectivity index (χ0v) is 18.7. The van der Waals surface area contributed by atoms with E-state index in [-0.39, 0.29) is 11.8 Å². The van der Waals surface area contributed by atoms with E-state index in [9.17, 15) is 4.79 Å². The van der Waals surface area contributed by atoms with Crippen molar-refractivity contribution in [3.8, 4) is 6.07 Å². The van der Waals surface area contributed by atoms with Gasteiger partial charge in [0.2, 0.25) is 5.91 Å². The molecular formula is C26H33N5O. The summed E-state index contributed by atoms with van der Waals surface area (Å²) in [4.78, 5) is 21.7. The van der Waals surface area contributed by atoms with E-state index >= 15 is 0 Å². The Bertz CT molecular complexity index is 892. The number of carbonyl (C=O) groups is 1. The summed E-state index contributed by atoms with van der Waals surface area (Å²) >= 11 is 0. The number of nitrogens with zero attached hydrogens (tertiary/aromatic N) is 4. The highest BCUT2D eigenvalue weighted by molar-refractivity contribution is 5.78. The van der Waals surface area contributed by atoms with Crippen molar-refractivity contribution in [2.24, 2.45) is 11.8 Å². The second-order valence-electron chi connectivity index (χ2n) is 9.06. The topological polar surface area (TPSA) is 72.3 Å². The molecule has 0 bridgehead atoms. The molecule has 6 nitrogen and oxygen atoms in total. The summed E-state index contributed by atoms with van der Waals surface area (Å²) in [5.74, 6) is 1.91. The molecule has 1 aromatic heterocycles. The molecule has 2 aliphatic heterocycles. The molecule has 2 aliphatic rings. The fourth-order valence-electron chi connectivity index (χ4n) is 4.83. The van der Waals surface area contributed by atoms with Gasteiger partial charge in [0, 0.05) is 38.3 Å². The van der Waals surface area contributed by atoms with Crippen LogP contribution in [0.3, 0.4) is 0 Å². The van der Waals surface area contributed by atoms with Crippen molar-refractivity contribution in [3.05, 3.63) is 59.8 Å². The van der Waals surface area contributed by atoms with Gasteiger partial charge in [0.1, 0.15) is 11.9 Å². The Labute approximate surface area is 191 Å². The number of aromatic nitrogens is 1. The number of anilines is 1. The van der Waals surface area contributed by atoms with Crippen LogP contribution in [-0.4, -0.2) is 48.5 Å². The molecule has 0 radical (unpaired) electrons. The molecule has 6 heteroatoms. The first kappa shape index (κ1) is 22.3. The first-order valence-electron chi connectivity index (χ1n) is 11.9. The maximum atomic E-state index is 12.6. The van der Waals surface area contributed by atoms with Crippen LogP contribution >= 0.6 is 0 Å². The van der Waals surface area contributed by atoms with E-state index in [1.165, 1.54) is 18.4 Å². The van der Waals surface area contributed by atoms with Crippen molar-refractivity contribution < 1.29 is 4.79 Å². The SMILES string of the molecule is N#Cc1ccc(N2CCC(C(=O)NCCC3CCN(Cc4ccccc4)CC3)CC2)nc1. The first-order valence-corrected chi connectivity index (χ1v) is 11.9. The van der Waals surface area contributed by atoms with Gasteiger partial charge in [-0.25, -0.2) is 4.98 Å². The summed E-state index contributed by atoms with van der Waals surface area (Å²) in [5.41, 5.74) is 1.96. The standard InChI is InChI=1S/C26H33N5O/c27-18-23-6-7-25(29-19-23)31-16-11-24(12-17-31)26(32)28-13-8-21-9-14-30(15-10-21)20-22-4-2-1-3-5-22/h1-7,19,21,24H,8-17,20H2,(H,28,32). The molecule has 2 fully saturated rings. The summed E-state index contributed by atoms with van der Waals surface area (Å²) < 4.78 is 0. The van der Waals surface area contributed by atoms with Crippen LogP contribution in [0.2, 0.25) is 0 Å². The van der Waals surface area contributed by atoms with Crippen LogP contribution in [0.15, 0.2) is 48.7 Å². The summed E-state index contributed by atoms with van der Waals surface area (Å²) in [7, 11) is 0. The lowest BCUT2D eigenvalue weighted by Crippen LogP contribution is -2.41. The Kier molecular flexibility index (Phi) is 7.73. The number of hydrogen-bond acceptors (Lipinski definition) is 5. The van der Waals surface area contributed by atoms with Crippen LogP contribution in [0.25, 0.3) is 0 Å². The zero-order valence-electron chi connectivity index (χ0n) is 18.7. The monoisotopic (exact) mass is 431 g/mol. The van der Waals surface area contributed by atoms with E-state index in [0.717, 1.165) is 64.3 Å².